The highest BCUT2D eigenvalue weighted by Crippen LogP contribution is 2.28. The summed E-state index contributed by atoms with van der Waals surface area (Å²) in [4.78, 5) is 18.3. The van der Waals surface area contributed by atoms with Crippen LogP contribution in [0, 0.1) is 0 Å². The number of nitrogens with two attached hydrogens (primary N) is 1. The van der Waals surface area contributed by atoms with Crippen molar-refractivity contribution in [3.8, 4) is 0 Å². The minimum Gasteiger partial charge on any atom is -0.385 e. The van der Waals surface area contributed by atoms with E-state index in [4.69, 9.17) is 10.5 Å². The SMILES string of the molecule is COCCC(N)C(=O)N(Cc1cccnc1)C1CC1. The number of rotatable bonds is 7. The average molecular weight is 263 g/mol. The predicted molar refractivity (Wildman–Crippen MR) is 72.3 cm³/mol. The Balaban J connectivity index is 1.97. The summed E-state index contributed by atoms with van der Waals surface area (Å²) in [7, 11) is 1.62. The van der Waals surface area contributed by atoms with Gasteiger partial charge in [0.1, 0.15) is 0 Å². The lowest BCUT2D eigenvalue weighted by molar-refractivity contribution is -0.134. The Hall–Kier alpha value is -1.46. The van der Waals surface area contributed by atoms with Crippen LogP contribution in [0.3, 0.4) is 0 Å². The standard InChI is InChI=1S/C14H21N3O2/c1-19-8-6-13(15)14(18)17(12-4-5-12)10-11-3-2-7-16-9-11/h2-3,7,9,12-13H,4-6,8,10,15H2,1H3. The van der Waals surface area contributed by atoms with Crippen molar-refractivity contribution in [2.75, 3.05) is 13.7 Å². The molecule has 1 amide bonds. The third-order valence-corrected chi connectivity index (χ3v) is 3.30. The lowest BCUT2D eigenvalue weighted by Crippen LogP contribution is -2.45. The van der Waals surface area contributed by atoms with E-state index in [0.29, 0.717) is 25.6 Å². The Kier molecular flexibility index (Phi) is 4.87. The molecule has 0 aliphatic heterocycles. The van der Waals surface area contributed by atoms with E-state index in [1.807, 2.05) is 17.0 Å². The van der Waals surface area contributed by atoms with E-state index in [9.17, 15) is 4.79 Å². The zero-order valence-electron chi connectivity index (χ0n) is 11.3. The van der Waals surface area contributed by atoms with Gasteiger partial charge >= 0.3 is 0 Å². The molecule has 0 radical (unpaired) electrons. The van der Waals surface area contributed by atoms with E-state index in [0.717, 1.165) is 18.4 Å². The highest BCUT2D eigenvalue weighted by molar-refractivity contribution is 5.82. The summed E-state index contributed by atoms with van der Waals surface area (Å²) in [6.45, 7) is 1.11. The minimum atomic E-state index is -0.475. The molecular formula is C14H21N3O2. The van der Waals surface area contributed by atoms with Gasteiger partial charge in [0.05, 0.1) is 6.04 Å². The van der Waals surface area contributed by atoms with Crippen LogP contribution >= 0.6 is 0 Å². The molecule has 5 nitrogen and oxygen atoms in total. The molecule has 1 atom stereocenters. The maximum Gasteiger partial charge on any atom is 0.240 e. The number of hydrogen-bond donors (Lipinski definition) is 1. The first kappa shape index (κ1) is 14.0. The van der Waals surface area contributed by atoms with Crippen LogP contribution in [0.1, 0.15) is 24.8 Å². The molecule has 1 aliphatic carbocycles. The molecule has 0 bridgehead atoms. The second kappa shape index (κ2) is 6.63. The molecule has 1 saturated carbocycles. The van der Waals surface area contributed by atoms with Crippen molar-refractivity contribution in [1.82, 2.24) is 9.88 Å². The van der Waals surface area contributed by atoms with E-state index >= 15 is 0 Å². The summed E-state index contributed by atoms with van der Waals surface area (Å²) in [6, 6.07) is 3.74. The van der Waals surface area contributed by atoms with Crippen LogP contribution in [0.5, 0.6) is 0 Å². The molecule has 2 N–H and O–H groups in total. The molecule has 1 aromatic heterocycles. The molecule has 0 spiro atoms. The third-order valence-electron chi connectivity index (χ3n) is 3.30. The van der Waals surface area contributed by atoms with Gasteiger partial charge in [-0.15, -0.1) is 0 Å². The fraction of sp³-hybridized carbons (Fsp3) is 0.571. The lowest BCUT2D eigenvalue weighted by atomic mass is 10.1. The number of hydrogen-bond acceptors (Lipinski definition) is 4. The van der Waals surface area contributed by atoms with Crippen molar-refractivity contribution >= 4 is 5.91 Å². The summed E-state index contributed by atoms with van der Waals surface area (Å²) >= 11 is 0. The number of pyridine rings is 1. The molecule has 1 aliphatic rings. The molecule has 19 heavy (non-hydrogen) atoms. The van der Waals surface area contributed by atoms with Crippen LogP contribution < -0.4 is 5.73 Å². The van der Waals surface area contributed by atoms with Crippen LogP contribution in [0.2, 0.25) is 0 Å². The van der Waals surface area contributed by atoms with Gasteiger partial charge in [-0.3, -0.25) is 9.78 Å². The van der Waals surface area contributed by atoms with Gasteiger partial charge in [-0.1, -0.05) is 6.07 Å². The summed E-state index contributed by atoms with van der Waals surface area (Å²) in [6.07, 6.45) is 6.23. The Bertz CT molecular complexity index is 406. The number of amides is 1. The van der Waals surface area contributed by atoms with Crippen LogP contribution in [0.15, 0.2) is 24.5 Å². The molecule has 1 unspecified atom stereocenters. The monoisotopic (exact) mass is 263 g/mol. The van der Waals surface area contributed by atoms with Gasteiger partial charge in [-0.05, 0) is 30.9 Å². The first-order chi connectivity index (χ1) is 9.22. The number of ether oxygens (including phenoxy) is 1. The normalized spacial score (nSPS) is 16.1. The molecule has 2 rings (SSSR count). The fourth-order valence-corrected chi connectivity index (χ4v) is 2.04. The first-order valence-electron chi connectivity index (χ1n) is 6.66. The van der Waals surface area contributed by atoms with Crippen molar-refractivity contribution < 1.29 is 9.53 Å². The minimum absolute atomic E-state index is 0.0170. The molecule has 0 aromatic carbocycles. The zero-order chi connectivity index (χ0) is 13.7. The smallest absolute Gasteiger partial charge is 0.240 e. The quantitative estimate of drug-likeness (QED) is 0.795. The number of carbonyl (C=O) groups excluding carboxylic acids is 1. The topological polar surface area (TPSA) is 68.5 Å². The molecule has 5 heteroatoms. The van der Waals surface area contributed by atoms with Crippen molar-refractivity contribution in [2.45, 2.75) is 37.9 Å². The van der Waals surface area contributed by atoms with Gasteiger partial charge in [0.2, 0.25) is 5.91 Å². The van der Waals surface area contributed by atoms with Crippen molar-refractivity contribution in [3.63, 3.8) is 0 Å². The molecule has 1 aromatic rings. The first-order valence-corrected chi connectivity index (χ1v) is 6.66. The van der Waals surface area contributed by atoms with Crippen LogP contribution in [0.25, 0.3) is 0 Å². The summed E-state index contributed by atoms with van der Waals surface area (Å²) in [5.41, 5.74) is 6.98. The fourth-order valence-electron chi connectivity index (χ4n) is 2.04. The molecule has 104 valence electrons. The van der Waals surface area contributed by atoms with Crippen LogP contribution in [-0.2, 0) is 16.1 Å². The number of carbonyl (C=O) groups is 1. The lowest BCUT2D eigenvalue weighted by Gasteiger charge is -2.25. The Labute approximate surface area is 113 Å². The van der Waals surface area contributed by atoms with Crippen molar-refractivity contribution in [3.05, 3.63) is 30.1 Å². The Morgan fingerprint density at radius 3 is 3.00 bits per heavy atom. The van der Waals surface area contributed by atoms with E-state index in [1.54, 1.807) is 19.5 Å². The number of nitrogens with zero attached hydrogens (tertiary/aromatic N) is 2. The second-order valence-electron chi connectivity index (χ2n) is 4.95. The second-order valence-corrected chi connectivity index (χ2v) is 4.95. The van der Waals surface area contributed by atoms with E-state index in [-0.39, 0.29) is 5.91 Å². The Morgan fingerprint density at radius 2 is 2.42 bits per heavy atom. The molecule has 1 heterocycles. The highest BCUT2D eigenvalue weighted by Gasteiger charge is 2.34. The summed E-state index contributed by atoms with van der Waals surface area (Å²) in [5, 5.41) is 0. The molecular weight excluding hydrogens is 242 g/mol. The van der Waals surface area contributed by atoms with Gasteiger partial charge in [0.25, 0.3) is 0 Å². The van der Waals surface area contributed by atoms with E-state index in [2.05, 4.69) is 4.98 Å². The van der Waals surface area contributed by atoms with Gasteiger partial charge < -0.3 is 15.4 Å². The zero-order valence-corrected chi connectivity index (χ0v) is 11.3. The van der Waals surface area contributed by atoms with Gasteiger partial charge in [-0.2, -0.15) is 0 Å². The van der Waals surface area contributed by atoms with Crippen molar-refractivity contribution in [1.29, 1.82) is 0 Å². The number of aromatic nitrogens is 1. The summed E-state index contributed by atoms with van der Waals surface area (Å²) in [5.74, 6) is 0.0170. The predicted octanol–water partition coefficient (Wildman–Crippen LogP) is 0.936. The van der Waals surface area contributed by atoms with Crippen LogP contribution in [0.4, 0.5) is 0 Å². The largest absolute Gasteiger partial charge is 0.385 e. The van der Waals surface area contributed by atoms with E-state index < -0.39 is 6.04 Å². The number of methoxy groups -OCH3 is 1. The summed E-state index contributed by atoms with van der Waals surface area (Å²) < 4.78 is 4.98. The Morgan fingerprint density at radius 1 is 1.63 bits per heavy atom. The average Bonchev–Trinajstić information content (AvgIpc) is 3.27. The van der Waals surface area contributed by atoms with Gasteiger partial charge in [0.15, 0.2) is 0 Å². The highest BCUT2D eigenvalue weighted by atomic mass is 16.5. The maximum atomic E-state index is 12.4. The van der Waals surface area contributed by atoms with Crippen molar-refractivity contribution in [2.24, 2.45) is 5.73 Å². The maximum absolute atomic E-state index is 12.4. The molecule has 0 saturated heterocycles. The van der Waals surface area contributed by atoms with Gasteiger partial charge in [0, 0.05) is 38.7 Å². The van der Waals surface area contributed by atoms with Crippen LogP contribution in [-0.4, -0.2) is 41.6 Å². The third kappa shape index (κ3) is 4.01. The molecule has 1 fully saturated rings. The van der Waals surface area contributed by atoms with E-state index in [1.165, 1.54) is 0 Å². The van der Waals surface area contributed by atoms with Gasteiger partial charge in [-0.25, -0.2) is 0 Å².